The maximum atomic E-state index is 12.0. The van der Waals surface area contributed by atoms with Gasteiger partial charge in [-0.2, -0.15) is 14.6 Å². The van der Waals surface area contributed by atoms with Gasteiger partial charge in [-0.15, -0.1) is 0 Å². The van der Waals surface area contributed by atoms with Gasteiger partial charge in [0, 0.05) is 22.9 Å². The van der Waals surface area contributed by atoms with Crippen LogP contribution in [0.25, 0.3) is 6.08 Å². The van der Waals surface area contributed by atoms with Crippen molar-refractivity contribution in [3.8, 4) is 6.07 Å². The molecule has 2 aromatic heterocycles. The molecular weight excluding hydrogens is 308 g/mol. The number of rotatable bonds is 5. The number of amides is 1. The van der Waals surface area contributed by atoms with Crippen molar-refractivity contribution in [1.29, 1.82) is 5.26 Å². The van der Waals surface area contributed by atoms with Gasteiger partial charge in [0.2, 0.25) is 10.3 Å². The monoisotopic (exact) mass is 320 g/mol. The van der Waals surface area contributed by atoms with E-state index in [1.165, 1.54) is 24.1 Å². The average molecular weight is 320 g/mol. The van der Waals surface area contributed by atoms with Crippen molar-refractivity contribution >= 4 is 40.4 Å². The third kappa shape index (κ3) is 4.44. The molecule has 0 spiro atoms. The summed E-state index contributed by atoms with van der Waals surface area (Å²) in [6.45, 7) is 4.06. The lowest BCUT2D eigenvalue weighted by Crippen LogP contribution is -2.13. The second-order valence-electron chi connectivity index (χ2n) is 4.19. The minimum atomic E-state index is -0.536. The number of carbonyl (C=O) groups excluding carboxylic acids is 1. The van der Waals surface area contributed by atoms with Crippen LogP contribution in [0.2, 0.25) is 0 Å². The largest absolute Gasteiger partial charge is 0.465 e. The summed E-state index contributed by atoms with van der Waals surface area (Å²) in [5.74, 6) is -0.0961. The molecule has 2 heterocycles. The summed E-state index contributed by atoms with van der Waals surface area (Å²) in [6, 6.07) is 5.18. The van der Waals surface area contributed by atoms with Gasteiger partial charge in [0.15, 0.2) is 0 Å². The molecule has 0 fully saturated rings. The third-order valence-electron chi connectivity index (χ3n) is 2.16. The van der Waals surface area contributed by atoms with Crippen LogP contribution in [0.4, 0.5) is 5.13 Å². The van der Waals surface area contributed by atoms with Crippen LogP contribution in [-0.4, -0.2) is 20.5 Å². The van der Waals surface area contributed by atoms with Crippen LogP contribution < -0.4 is 5.32 Å². The van der Waals surface area contributed by atoms with Crippen LogP contribution in [0.5, 0.6) is 0 Å². The van der Waals surface area contributed by atoms with Gasteiger partial charge in [0.1, 0.15) is 17.4 Å². The van der Waals surface area contributed by atoms with Gasteiger partial charge in [0.25, 0.3) is 5.91 Å². The predicted molar refractivity (Wildman–Crippen MR) is 81.8 cm³/mol. The number of hydrogen-bond donors (Lipinski definition) is 1. The second kappa shape index (κ2) is 7.06. The number of aromatic nitrogens is 2. The van der Waals surface area contributed by atoms with Gasteiger partial charge in [0.05, 0.1) is 6.26 Å². The predicted octanol–water partition coefficient (Wildman–Crippen LogP) is 3.18. The van der Waals surface area contributed by atoms with E-state index >= 15 is 0 Å². The van der Waals surface area contributed by atoms with E-state index in [-0.39, 0.29) is 5.57 Å². The molecule has 2 aromatic rings. The fourth-order valence-electron chi connectivity index (χ4n) is 1.35. The van der Waals surface area contributed by atoms with E-state index in [9.17, 15) is 4.79 Å². The van der Waals surface area contributed by atoms with Crippen molar-refractivity contribution in [3.05, 3.63) is 29.7 Å². The summed E-state index contributed by atoms with van der Waals surface area (Å²) in [6.07, 6.45) is 2.85. The van der Waals surface area contributed by atoms with Gasteiger partial charge >= 0.3 is 0 Å². The topological polar surface area (TPSA) is 91.8 Å². The highest BCUT2D eigenvalue weighted by Gasteiger charge is 2.14. The van der Waals surface area contributed by atoms with E-state index in [0.717, 1.165) is 11.5 Å². The van der Waals surface area contributed by atoms with E-state index in [4.69, 9.17) is 9.68 Å². The fourth-order valence-corrected chi connectivity index (χ4v) is 2.73. The Morgan fingerprint density at radius 2 is 2.43 bits per heavy atom. The minimum absolute atomic E-state index is 0.0572. The first-order valence-electron chi connectivity index (χ1n) is 6.05. The molecule has 0 aromatic carbocycles. The average Bonchev–Trinajstić information content (AvgIpc) is 3.07. The van der Waals surface area contributed by atoms with Crippen molar-refractivity contribution < 1.29 is 9.21 Å². The molecule has 0 aliphatic heterocycles. The quantitative estimate of drug-likeness (QED) is 0.517. The molecule has 0 aliphatic carbocycles. The summed E-state index contributed by atoms with van der Waals surface area (Å²) >= 11 is 2.59. The molecule has 21 heavy (non-hydrogen) atoms. The first-order chi connectivity index (χ1) is 10.1. The smallest absolute Gasteiger partial charge is 0.268 e. The molecule has 0 bridgehead atoms. The Kier molecular flexibility index (Phi) is 5.14. The van der Waals surface area contributed by atoms with Gasteiger partial charge < -0.3 is 4.42 Å². The van der Waals surface area contributed by atoms with E-state index in [1.807, 2.05) is 19.9 Å². The highest BCUT2D eigenvalue weighted by Crippen LogP contribution is 2.23. The highest BCUT2D eigenvalue weighted by atomic mass is 32.2. The number of furan rings is 1. The molecule has 108 valence electrons. The Morgan fingerprint density at radius 3 is 3.05 bits per heavy atom. The van der Waals surface area contributed by atoms with E-state index in [1.54, 1.807) is 12.1 Å². The lowest BCUT2D eigenvalue weighted by atomic mass is 10.2. The molecule has 6 nitrogen and oxygen atoms in total. The molecule has 0 aliphatic rings. The first-order valence-corrected chi connectivity index (χ1v) is 7.71. The van der Waals surface area contributed by atoms with Gasteiger partial charge in [-0.1, -0.05) is 25.6 Å². The summed E-state index contributed by atoms with van der Waals surface area (Å²) in [5, 5.41) is 12.9. The number of thioether (sulfide) groups is 1. The van der Waals surface area contributed by atoms with Gasteiger partial charge in [-0.3, -0.25) is 10.1 Å². The Hall–Kier alpha value is -2.11. The standard InChI is InChI=1S/C13H12N4O2S2/c1-8(2)20-13-16-12(21-17-13)15-11(18)9(7-14)6-10-4-3-5-19-10/h3-6,8H,1-2H3,(H,15,16,17,18)/b9-6-. The minimum Gasteiger partial charge on any atom is -0.465 e. The Balaban J connectivity index is 2.06. The zero-order valence-electron chi connectivity index (χ0n) is 11.4. The lowest BCUT2D eigenvalue weighted by Gasteiger charge is -1.99. The second-order valence-corrected chi connectivity index (χ2v) is 6.48. The maximum Gasteiger partial charge on any atom is 0.268 e. The molecular formula is C13H12N4O2S2. The van der Waals surface area contributed by atoms with Crippen molar-refractivity contribution in [2.45, 2.75) is 24.3 Å². The third-order valence-corrected chi connectivity index (χ3v) is 3.77. The van der Waals surface area contributed by atoms with Crippen LogP contribution in [0.15, 0.2) is 33.5 Å². The Bertz CT molecular complexity index is 683. The molecule has 1 amide bonds. The number of nitrogens with zero attached hydrogens (tertiary/aromatic N) is 3. The van der Waals surface area contributed by atoms with Crippen LogP contribution in [-0.2, 0) is 4.79 Å². The van der Waals surface area contributed by atoms with Crippen molar-refractivity contribution in [2.24, 2.45) is 0 Å². The molecule has 0 saturated heterocycles. The number of carbonyl (C=O) groups is 1. The number of nitriles is 1. The van der Waals surface area contributed by atoms with Gasteiger partial charge in [-0.25, -0.2) is 0 Å². The number of nitrogens with one attached hydrogen (secondary N) is 1. The molecule has 0 saturated carbocycles. The summed E-state index contributed by atoms with van der Waals surface area (Å²) in [4.78, 5) is 16.2. The van der Waals surface area contributed by atoms with Crippen molar-refractivity contribution in [3.63, 3.8) is 0 Å². The molecule has 1 N–H and O–H groups in total. The summed E-state index contributed by atoms with van der Waals surface area (Å²) in [5.41, 5.74) is -0.0572. The van der Waals surface area contributed by atoms with Crippen LogP contribution >= 0.6 is 23.3 Å². The van der Waals surface area contributed by atoms with Crippen molar-refractivity contribution in [1.82, 2.24) is 9.36 Å². The molecule has 0 atom stereocenters. The van der Waals surface area contributed by atoms with Crippen LogP contribution in [0.1, 0.15) is 19.6 Å². The maximum absolute atomic E-state index is 12.0. The molecule has 0 unspecified atom stereocenters. The normalized spacial score (nSPS) is 11.4. The van der Waals surface area contributed by atoms with Gasteiger partial charge in [-0.05, 0) is 12.1 Å². The molecule has 8 heteroatoms. The number of anilines is 1. The summed E-state index contributed by atoms with van der Waals surface area (Å²) in [7, 11) is 0. The van der Waals surface area contributed by atoms with Crippen molar-refractivity contribution in [2.75, 3.05) is 5.32 Å². The molecule has 2 rings (SSSR count). The summed E-state index contributed by atoms with van der Waals surface area (Å²) < 4.78 is 9.21. The zero-order valence-corrected chi connectivity index (χ0v) is 13.0. The van der Waals surface area contributed by atoms with E-state index in [2.05, 4.69) is 14.7 Å². The Labute approximate surface area is 130 Å². The SMILES string of the molecule is CC(C)Sc1nsc(NC(=O)/C(C#N)=C\c2ccco2)n1. The number of hydrogen-bond acceptors (Lipinski definition) is 7. The fraction of sp³-hybridized carbons (Fsp3) is 0.231. The zero-order chi connectivity index (χ0) is 15.2. The van der Waals surface area contributed by atoms with Crippen LogP contribution in [0.3, 0.4) is 0 Å². The molecule has 0 radical (unpaired) electrons. The van der Waals surface area contributed by atoms with Crippen LogP contribution in [0, 0.1) is 11.3 Å². The lowest BCUT2D eigenvalue weighted by molar-refractivity contribution is -0.112. The van der Waals surface area contributed by atoms with E-state index in [0.29, 0.717) is 21.3 Å². The first kappa shape index (κ1) is 15.3. The highest BCUT2D eigenvalue weighted by molar-refractivity contribution is 7.99. The van der Waals surface area contributed by atoms with E-state index < -0.39 is 5.91 Å². The Morgan fingerprint density at radius 1 is 1.62 bits per heavy atom.